The molecule has 0 bridgehead atoms. The molecule has 5 nitrogen and oxygen atoms in total. The molecule has 0 spiro atoms. The van der Waals surface area contributed by atoms with Crippen molar-refractivity contribution in [1.82, 2.24) is 4.90 Å². The van der Waals surface area contributed by atoms with Crippen molar-refractivity contribution in [3.05, 3.63) is 102 Å². The first kappa shape index (κ1) is 22.2. The number of nitrogens with zero attached hydrogens (tertiary/aromatic N) is 1. The number of likely N-dealkylation sites (tertiary alicyclic amines) is 1. The van der Waals surface area contributed by atoms with Crippen LogP contribution in [0.4, 0.5) is 0 Å². The van der Waals surface area contributed by atoms with Crippen molar-refractivity contribution < 1.29 is 19.7 Å². The number of aliphatic hydroxyl groups is 2. The van der Waals surface area contributed by atoms with Crippen molar-refractivity contribution in [2.24, 2.45) is 0 Å². The minimum atomic E-state index is -0.813. The van der Waals surface area contributed by atoms with Gasteiger partial charge >= 0.3 is 5.97 Å². The maximum atomic E-state index is 12.2. The second-order valence-corrected chi connectivity index (χ2v) is 8.44. The van der Waals surface area contributed by atoms with Crippen LogP contribution in [0.25, 0.3) is 0 Å². The number of rotatable bonds is 6. The predicted molar refractivity (Wildman–Crippen MR) is 123 cm³/mol. The Hall–Kier alpha value is -2.99. The molecule has 3 aromatic carbocycles. The number of hydrogen-bond donors (Lipinski definition) is 2. The zero-order valence-electron chi connectivity index (χ0n) is 18.2. The number of aliphatic hydroxyl groups excluding tert-OH is 1. The lowest BCUT2D eigenvalue weighted by Gasteiger charge is -2.42. The molecule has 166 valence electrons. The van der Waals surface area contributed by atoms with Gasteiger partial charge < -0.3 is 14.9 Å². The first-order valence-corrected chi connectivity index (χ1v) is 11.0. The molecule has 0 aromatic heterocycles. The molecule has 0 radical (unpaired) electrons. The molecule has 1 aliphatic rings. The summed E-state index contributed by atoms with van der Waals surface area (Å²) in [5.74, 6) is 0.0276. The van der Waals surface area contributed by atoms with E-state index in [0.29, 0.717) is 37.2 Å². The Kier molecular flexibility index (Phi) is 6.70. The minimum absolute atomic E-state index is 0.104. The van der Waals surface area contributed by atoms with E-state index >= 15 is 0 Å². The molecule has 2 N–H and O–H groups in total. The fourth-order valence-electron chi connectivity index (χ4n) is 4.29. The lowest BCUT2D eigenvalue weighted by Crippen LogP contribution is -2.47. The quantitative estimate of drug-likeness (QED) is 0.450. The van der Waals surface area contributed by atoms with Gasteiger partial charge in [-0.1, -0.05) is 60.7 Å². The largest absolute Gasteiger partial charge is 0.423 e. The van der Waals surface area contributed by atoms with Gasteiger partial charge in [0.1, 0.15) is 5.75 Å². The highest BCUT2D eigenvalue weighted by Crippen LogP contribution is 2.35. The number of benzene rings is 3. The topological polar surface area (TPSA) is 70.0 Å². The van der Waals surface area contributed by atoms with Gasteiger partial charge in [0.15, 0.2) is 0 Å². The van der Waals surface area contributed by atoms with Crippen LogP contribution in [-0.2, 0) is 5.60 Å². The van der Waals surface area contributed by atoms with E-state index in [9.17, 15) is 15.0 Å². The monoisotopic (exact) mass is 431 g/mol. The number of carbonyl (C=O) groups excluding carboxylic acids is 1. The van der Waals surface area contributed by atoms with Gasteiger partial charge in [-0.05, 0) is 55.2 Å². The smallest absolute Gasteiger partial charge is 0.343 e. The third kappa shape index (κ3) is 4.91. The summed E-state index contributed by atoms with van der Waals surface area (Å²) in [7, 11) is 0. The van der Waals surface area contributed by atoms with Crippen molar-refractivity contribution in [2.45, 2.75) is 37.5 Å². The number of hydrogen-bond acceptors (Lipinski definition) is 5. The molecule has 1 fully saturated rings. The summed E-state index contributed by atoms with van der Waals surface area (Å²) >= 11 is 0. The lowest BCUT2D eigenvalue weighted by atomic mass is 9.83. The average molecular weight is 432 g/mol. The van der Waals surface area contributed by atoms with Crippen LogP contribution < -0.4 is 4.74 Å². The summed E-state index contributed by atoms with van der Waals surface area (Å²) in [4.78, 5) is 14.4. The van der Waals surface area contributed by atoms with Gasteiger partial charge in [0.25, 0.3) is 0 Å². The molecule has 1 saturated heterocycles. The van der Waals surface area contributed by atoms with E-state index in [1.807, 2.05) is 43.3 Å². The maximum absolute atomic E-state index is 12.2. The Morgan fingerprint density at radius 3 is 2.06 bits per heavy atom. The molecular weight excluding hydrogens is 402 g/mol. The Morgan fingerprint density at radius 1 is 0.906 bits per heavy atom. The van der Waals surface area contributed by atoms with Crippen LogP contribution in [0.15, 0.2) is 84.9 Å². The first-order valence-electron chi connectivity index (χ1n) is 11.0. The number of carbonyl (C=O) groups is 1. The molecule has 0 aliphatic carbocycles. The molecule has 4 rings (SSSR count). The minimum Gasteiger partial charge on any atom is -0.423 e. The van der Waals surface area contributed by atoms with E-state index in [1.165, 1.54) is 0 Å². The van der Waals surface area contributed by atoms with Crippen LogP contribution in [0.2, 0.25) is 0 Å². The summed E-state index contributed by atoms with van der Waals surface area (Å²) in [6, 6.07) is 25.5. The second kappa shape index (κ2) is 9.65. The maximum Gasteiger partial charge on any atom is 0.343 e. The zero-order valence-corrected chi connectivity index (χ0v) is 18.2. The summed E-state index contributed by atoms with van der Waals surface area (Å²) in [5, 5.41) is 22.0. The van der Waals surface area contributed by atoms with E-state index in [-0.39, 0.29) is 6.04 Å². The molecular formula is C27H29NO4. The Bertz CT molecular complexity index is 1010. The average Bonchev–Trinajstić information content (AvgIpc) is 2.85. The fourth-order valence-corrected chi connectivity index (χ4v) is 4.29. The van der Waals surface area contributed by atoms with E-state index < -0.39 is 17.7 Å². The van der Waals surface area contributed by atoms with Crippen molar-refractivity contribution in [1.29, 1.82) is 0 Å². The molecule has 0 amide bonds. The number of ether oxygens (including phenoxy) is 1. The highest BCUT2D eigenvalue weighted by molar-refractivity contribution is 5.90. The predicted octanol–water partition coefficient (Wildman–Crippen LogP) is 4.31. The molecule has 2 atom stereocenters. The van der Waals surface area contributed by atoms with Gasteiger partial charge in [0.05, 0.1) is 17.3 Å². The van der Waals surface area contributed by atoms with E-state index in [2.05, 4.69) is 4.90 Å². The van der Waals surface area contributed by atoms with Crippen LogP contribution >= 0.6 is 0 Å². The van der Waals surface area contributed by atoms with Gasteiger partial charge in [0.2, 0.25) is 0 Å². The molecule has 1 aliphatic heterocycles. The van der Waals surface area contributed by atoms with Gasteiger partial charge in [-0.2, -0.15) is 0 Å². The van der Waals surface area contributed by atoms with Crippen molar-refractivity contribution in [2.75, 3.05) is 13.1 Å². The van der Waals surface area contributed by atoms with Crippen LogP contribution in [0.1, 0.15) is 47.4 Å². The van der Waals surface area contributed by atoms with E-state index in [0.717, 1.165) is 11.1 Å². The normalized spacial score (nSPS) is 18.0. The van der Waals surface area contributed by atoms with Gasteiger partial charge in [-0.15, -0.1) is 0 Å². The molecule has 0 unspecified atom stereocenters. The van der Waals surface area contributed by atoms with Crippen molar-refractivity contribution in [3.8, 4) is 5.75 Å². The summed E-state index contributed by atoms with van der Waals surface area (Å²) in [5.41, 5.74) is 1.40. The SMILES string of the molecule is C[C@H]([C@@H](O)c1ccc(OC(=O)c2ccccc2)cc1)N1CCC(O)(c2ccccc2)CC1. The number of esters is 1. The van der Waals surface area contributed by atoms with Gasteiger partial charge in [-0.3, -0.25) is 4.90 Å². The third-order valence-corrected chi connectivity index (χ3v) is 6.41. The summed E-state index contributed by atoms with van der Waals surface area (Å²) < 4.78 is 5.42. The Labute approximate surface area is 188 Å². The highest BCUT2D eigenvalue weighted by atomic mass is 16.5. The molecule has 1 heterocycles. The molecule has 3 aromatic rings. The Morgan fingerprint density at radius 2 is 1.47 bits per heavy atom. The lowest BCUT2D eigenvalue weighted by molar-refractivity contribution is -0.0501. The second-order valence-electron chi connectivity index (χ2n) is 8.44. The first-order chi connectivity index (χ1) is 15.5. The highest BCUT2D eigenvalue weighted by Gasteiger charge is 2.36. The van der Waals surface area contributed by atoms with E-state index in [1.54, 1.807) is 48.5 Å². The zero-order chi connectivity index (χ0) is 22.6. The Balaban J connectivity index is 1.35. The van der Waals surface area contributed by atoms with Crippen LogP contribution in [0.3, 0.4) is 0 Å². The van der Waals surface area contributed by atoms with Gasteiger partial charge in [0, 0.05) is 19.1 Å². The summed E-state index contributed by atoms with van der Waals surface area (Å²) in [6.07, 6.45) is 0.571. The van der Waals surface area contributed by atoms with Crippen LogP contribution in [0.5, 0.6) is 5.75 Å². The van der Waals surface area contributed by atoms with Crippen molar-refractivity contribution in [3.63, 3.8) is 0 Å². The fraction of sp³-hybridized carbons (Fsp3) is 0.296. The van der Waals surface area contributed by atoms with Crippen LogP contribution in [-0.4, -0.2) is 40.2 Å². The van der Waals surface area contributed by atoms with E-state index in [4.69, 9.17) is 4.74 Å². The number of piperidine rings is 1. The third-order valence-electron chi connectivity index (χ3n) is 6.41. The standard InChI is InChI=1S/C27H29NO4/c1-20(28-18-16-27(31,17-19-28)23-10-6-3-7-11-23)25(29)21-12-14-24(15-13-21)32-26(30)22-8-4-2-5-9-22/h2-15,20,25,29,31H,16-19H2,1H3/t20-,25-/m1/s1. The molecule has 32 heavy (non-hydrogen) atoms. The van der Waals surface area contributed by atoms with Gasteiger partial charge in [-0.25, -0.2) is 4.79 Å². The van der Waals surface area contributed by atoms with Crippen molar-refractivity contribution >= 4 is 5.97 Å². The van der Waals surface area contributed by atoms with Crippen LogP contribution in [0, 0.1) is 0 Å². The molecule has 5 heteroatoms. The molecule has 0 saturated carbocycles. The summed E-state index contributed by atoms with van der Waals surface area (Å²) in [6.45, 7) is 3.41.